The fourth-order valence-electron chi connectivity index (χ4n) is 3.46. The van der Waals surface area contributed by atoms with Crippen molar-refractivity contribution in [1.29, 1.82) is 0 Å². The monoisotopic (exact) mass is 274 g/mol. The van der Waals surface area contributed by atoms with Crippen molar-refractivity contribution in [1.82, 2.24) is 4.90 Å². The van der Waals surface area contributed by atoms with Crippen molar-refractivity contribution in [2.24, 2.45) is 0 Å². The zero-order chi connectivity index (χ0) is 15.4. The summed E-state index contributed by atoms with van der Waals surface area (Å²) in [5.74, 6) is 0.411. The van der Waals surface area contributed by atoms with Crippen LogP contribution < -0.4 is 4.90 Å². The highest BCUT2D eigenvalue weighted by Crippen LogP contribution is 2.44. The smallest absolute Gasteiger partial charge is 0.321 e. The third kappa shape index (κ3) is 1.83. The highest BCUT2D eigenvalue weighted by Gasteiger charge is 2.35. The van der Waals surface area contributed by atoms with E-state index in [1.54, 1.807) is 0 Å². The molecule has 0 aromatic heterocycles. The normalized spacial score (nSPS) is 18.9. The standard InChI is InChI=1S/C17H26N2O/c1-9(2)14-11(4)10(3)12(5)15-13(6)18(7)17(20)19(8)16(14)15/h9,13H,1-8H3. The maximum atomic E-state index is 12.4. The molecule has 0 aliphatic carbocycles. The second kappa shape index (κ2) is 4.80. The Bertz CT molecular complexity index is 575. The van der Waals surface area contributed by atoms with E-state index in [0.29, 0.717) is 5.92 Å². The molecule has 1 heterocycles. The molecule has 20 heavy (non-hydrogen) atoms. The lowest BCUT2D eigenvalue weighted by Gasteiger charge is -2.41. The average molecular weight is 274 g/mol. The molecule has 1 aromatic rings. The van der Waals surface area contributed by atoms with Crippen LogP contribution in [0.25, 0.3) is 0 Å². The van der Waals surface area contributed by atoms with E-state index in [1.807, 2.05) is 23.9 Å². The van der Waals surface area contributed by atoms with Gasteiger partial charge in [0.1, 0.15) is 0 Å². The molecule has 0 spiro atoms. The van der Waals surface area contributed by atoms with Gasteiger partial charge in [-0.05, 0) is 55.9 Å². The second-order valence-electron chi connectivity index (χ2n) is 6.33. The molecule has 0 saturated heterocycles. The van der Waals surface area contributed by atoms with Crippen molar-refractivity contribution in [3.05, 3.63) is 27.8 Å². The van der Waals surface area contributed by atoms with Crippen molar-refractivity contribution in [2.75, 3.05) is 19.0 Å². The molecule has 2 rings (SSSR count). The molecule has 110 valence electrons. The first-order chi connectivity index (χ1) is 9.20. The summed E-state index contributed by atoms with van der Waals surface area (Å²) in [4.78, 5) is 16.1. The quantitative estimate of drug-likeness (QED) is 0.749. The summed E-state index contributed by atoms with van der Waals surface area (Å²) in [7, 11) is 3.78. The number of fused-ring (bicyclic) bond motifs is 1. The lowest BCUT2D eigenvalue weighted by Crippen LogP contribution is -2.46. The Kier molecular flexibility index (Phi) is 3.57. The fourth-order valence-corrected chi connectivity index (χ4v) is 3.46. The van der Waals surface area contributed by atoms with Crippen LogP contribution in [-0.2, 0) is 0 Å². The van der Waals surface area contributed by atoms with Crippen molar-refractivity contribution < 1.29 is 4.79 Å². The highest BCUT2D eigenvalue weighted by atomic mass is 16.2. The van der Waals surface area contributed by atoms with Crippen LogP contribution in [0.2, 0.25) is 0 Å². The van der Waals surface area contributed by atoms with Gasteiger partial charge in [0.25, 0.3) is 0 Å². The number of nitrogens with zero attached hydrogens (tertiary/aromatic N) is 2. The molecule has 1 aromatic carbocycles. The van der Waals surface area contributed by atoms with Gasteiger partial charge in [-0.15, -0.1) is 0 Å². The van der Waals surface area contributed by atoms with E-state index in [-0.39, 0.29) is 12.1 Å². The SMILES string of the molecule is Cc1c(C)c(C(C)C)c2c(c1C)C(C)N(C)C(=O)N2C. The van der Waals surface area contributed by atoms with E-state index in [9.17, 15) is 4.79 Å². The van der Waals surface area contributed by atoms with Gasteiger partial charge in [-0.3, -0.25) is 4.90 Å². The zero-order valence-corrected chi connectivity index (χ0v) is 14.0. The first-order valence-electron chi connectivity index (χ1n) is 7.34. The Morgan fingerprint density at radius 2 is 1.55 bits per heavy atom. The van der Waals surface area contributed by atoms with E-state index in [1.165, 1.54) is 27.8 Å². The first kappa shape index (κ1) is 14.9. The average Bonchev–Trinajstić information content (AvgIpc) is 2.39. The Hall–Kier alpha value is -1.51. The van der Waals surface area contributed by atoms with Gasteiger partial charge < -0.3 is 4.90 Å². The summed E-state index contributed by atoms with van der Waals surface area (Å²) in [5, 5.41) is 0. The minimum absolute atomic E-state index is 0.0783. The molecule has 1 atom stereocenters. The van der Waals surface area contributed by atoms with Crippen LogP contribution in [0.3, 0.4) is 0 Å². The molecule has 1 aliphatic heterocycles. The number of hydrogen-bond acceptors (Lipinski definition) is 1. The van der Waals surface area contributed by atoms with Crippen LogP contribution in [0.1, 0.15) is 60.5 Å². The second-order valence-corrected chi connectivity index (χ2v) is 6.33. The number of urea groups is 1. The maximum Gasteiger partial charge on any atom is 0.324 e. The van der Waals surface area contributed by atoms with Crippen LogP contribution >= 0.6 is 0 Å². The summed E-state index contributed by atoms with van der Waals surface area (Å²) in [6.07, 6.45) is 0. The van der Waals surface area contributed by atoms with Gasteiger partial charge in [-0.1, -0.05) is 13.8 Å². The summed E-state index contributed by atoms with van der Waals surface area (Å²) in [5.41, 5.74) is 7.76. The summed E-state index contributed by atoms with van der Waals surface area (Å²) < 4.78 is 0. The van der Waals surface area contributed by atoms with Gasteiger partial charge in [-0.25, -0.2) is 4.79 Å². The lowest BCUT2D eigenvalue weighted by atomic mass is 9.83. The molecule has 3 nitrogen and oxygen atoms in total. The lowest BCUT2D eigenvalue weighted by molar-refractivity contribution is 0.198. The molecule has 1 aliphatic rings. The third-order valence-electron chi connectivity index (χ3n) is 4.94. The van der Waals surface area contributed by atoms with E-state index >= 15 is 0 Å². The first-order valence-corrected chi connectivity index (χ1v) is 7.34. The molecular weight excluding hydrogens is 248 g/mol. The molecule has 0 radical (unpaired) electrons. The van der Waals surface area contributed by atoms with Crippen molar-refractivity contribution >= 4 is 11.7 Å². The van der Waals surface area contributed by atoms with Gasteiger partial charge in [-0.2, -0.15) is 0 Å². The predicted octanol–water partition coefficient (Wildman–Crippen LogP) is 4.30. The van der Waals surface area contributed by atoms with E-state index in [0.717, 1.165) is 5.69 Å². The molecule has 3 heteroatoms. The van der Waals surface area contributed by atoms with Crippen LogP contribution in [0.5, 0.6) is 0 Å². The van der Waals surface area contributed by atoms with Crippen molar-refractivity contribution in [2.45, 2.75) is 53.5 Å². The highest BCUT2D eigenvalue weighted by molar-refractivity contribution is 5.97. The molecule has 0 saturated carbocycles. The molecule has 0 fully saturated rings. The summed E-state index contributed by atoms with van der Waals surface area (Å²) >= 11 is 0. The van der Waals surface area contributed by atoms with Crippen LogP contribution in [0.4, 0.5) is 10.5 Å². The Balaban J connectivity index is 2.90. The van der Waals surface area contributed by atoms with Crippen LogP contribution in [0, 0.1) is 20.8 Å². The predicted molar refractivity (Wildman–Crippen MR) is 84.7 cm³/mol. The zero-order valence-electron chi connectivity index (χ0n) is 14.0. The number of carbonyl (C=O) groups is 1. The van der Waals surface area contributed by atoms with E-state index in [2.05, 4.69) is 41.5 Å². The van der Waals surface area contributed by atoms with E-state index < -0.39 is 0 Å². The molecule has 0 bridgehead atoms. The number of hydrogen-bond donors (Lipinski definition) is 0. The molecule has 2 amide bonds. The van der Waals surface area contributed by atoms with Crippen LogP contribution in [0.15, 0.2) is 0 Å². The maximum absolute atomic E-state index is 12.4. The van der Waals surface area contributed by atoms with Crippen molar-refractivity contribution in [3.63, 3.8) is 0 Å². The van der Waals surface area contributed by atoms with Gasteiger partial charge in [0.05, 0.1) is 11.7 Å². The minimum Gasteiger partial charge on any atom is -0.321 e. The number of benzene rings is 1. The van der Waals surface area contributed by atoms with E-state index in [4.69, 9.17) is 0 Å². The molecule has 0 N–H and O–H groups in total. The number of carbonyl (C=O) groups excluding carboxylic acids is 1. The molecule has 1 unspecified atom stereocenters. The van der Waals surface area contributed by atoms with Gasteiger partial charge in [0, 0.05) is 19.7 Å². The fraction of sp³-hybridized carbons (Fsp3) is 0.588. The summed E-state index contributed by atoms with van der Waals surface area (Å²) in [6.45, 7) is 13.1. The molecular formula is C17H26N2O. The number of amides is 2. The van der Waals surface area contributed by atoms with Gasteiger partial charge in [0.15, 0.2) is 0 Å². The van der Waals surface area contributed by atoms with Crippen molar-refractivity contribution in [3.8, 4) is 0 Å². The number of rotatable bonds is 1. The number of anilines is 1. The summed E-state index contributed by atoms with van der Waals surface area (Å²) in [6, 6.07) is 0.208. The van der Waals surface area contributed by atoms with Gasteiger partial charge in [0.2, 0.25) is 0 Å². The third-order valence-corrected chi connectivity index (χ3v) is 4.94. The minimum atomic E-state index is 0.0783. The van der Waals surface area contributed by atoms with Gasteiger partial charge >= 0.3 is 6.03 Å². The largest absolute Gasteiger partial charge is 0.324 e. The Morgan fingerprint density at radius 3 is 2.05 bits per heavy atom. The Labute approximate surface area is 122 Å². The Morgan fingerprint density at radius 1 is 1.00 bits per heavy atom. The van der Waals surface area contributed by atoms with Crippen LogP contribution in [-0.4, -0.2) is 25.0 Å². The topological polar surface area (TPSA) is 23.6 Å².